The van der Waals surface area contributed by atoms with Crippen molar-refractivity contribution >= 4 is 35.1 Å². The maximum Gasteiger partial charge on any atom is 0.337 e. The third kappa shape index (κ3) is 5.15. The van der Waals surface area contributed by atoms with Crippen molar-refractivity contribution < 1.29 is 14.3 Å². The van der Waals surface area contributed by atoms with E-state index in [4.69, 9.17) is 11.6 Å². The van der Waals surface area contributed by atoms with Gasteiger partial charge in [0.2, 0.25) is 5.95 Å². The zero-order valence-corrected chi connectivity index (χ0v) is 14.9. The summed E-state index contributed by atoms with van der Waals surface area (Å²) >= 11 is 6.11. The van der Waals surface area contributed by atoms with Crippen LogP contribution in [0.3, 0.4) is 0 Å². The van der Waals surface area contributed by atoms with Crippen LogP contribution in [0.15, 0.2) is 30.6 Å². The number of halogens is 1. The maximum absolute atomic E-state index is 11.9. The van der Waals surface area contributed by atoms with E-state index in [1.165, 1.54) is 19.5 Å². The summed E-state index contributed by atoms with van der Waals surface area (Å²) in [6.45, 7) is 4.60. The molecule has 132 valence electrons. The van der Waals surface area contributed by atoms with E-state index in [-0.39, 0.29) is 11.9 Å². The SMILES string of the molecule is COC(=O)c1ccc(Cl)c(Nc2ncc(C(=O)NCC(C)C)cn2)c1. The van der Waals surface area contributed by atoms with Crippen molar-refractivity contribution in [2.24, 2.45) is 5.92 Å². The molecule has 0 saturated heterocycles. The number of benzene rings is 1. The average Bonchev–Trinajstić information content (AvgIpc) is 2.61. The second-order valence-corrected chi connectivity index (χ2v) is 6.12. The smallest absolute Gasteiger partial charge is 0.337 e. The van der Waals surface area contributed by atoms with Gasteiger partial charge in [0.25, 0.3) is 5.91 Å². The van der Waals surface area contributed by atoms with Crippen molar-refractivity contribution in [3.63, 3.8) is 0 Å². The van der Waals surface area contributed by atoms with Crippen molar-refractivity contribution in [1.29, 1.82) is 0 Å². The highest BCUT2D eigenvalue weighted by Crippen LogP contribution is 2.25. The number of hydrogen-bond donors (Lipinski definition) is 2. The summed E-state index contributed by atoms with van der Waals surface area (Å²) in [5.41, 5.74) is 1.17. The molecule has 0 atom stereocenters. The van der Waals surface area contributed by atoms with Crippen LogP contribution in [0.1, 0.15) is 34.6 Å². The molecule has 0 aliphatic rings. The molecule has 1 amide bonds. The standard InChI is InChI=1S/C17H19ClN4O3/c1-10(2)7-19-15(23)12-8-20-17(21-9-12)22-14-6-11(16(24)25-3)4-5-13(14)18/h4-6,8-10H,7H2,1-3H3,(H,19,23)(H,20,21,22). The molecule has 0 saturated carbocycles. The van der Waals surface area contributed by atoms with Gasteiger partial charge >= 0.3 is 5.97 Å². The predicted octanol–water partition coefficient (Wildman–Crippen LogP) is 3.05. The Morgan fingerprint density at radius 2 is 1.88 bits per heavy atom. The lowest BCUT2D eigenvalue weighted by Gasteiger charge is -2.10. The monoisotopic (exact) mass is 362 g/mol. The third-order valence-corrected chi connectivity index (χ3v) is 3.55. The first kappa shape index (κ1) is 18.7. The molecule has 2 aromatic rings. The van der Waals surface area contributed by atoms with Crippen LogP contribution >= 0.6 is 11.6 Å². The number of methoxy groups -OCH3 is 1. The molecule has 2 rings (SSSR count). The van der Waals surface area contributed by atoms with Gasteiger partial charge in [0, 0.05) is 18.9 Å². The summed E-state index contributed by atoms with van der Waals surface area (Å²) < 4.78 is 4.68. The molecule has 8 heteroatoms. The molecule has 0 radical (unpaired) electrons. The number of anilines is 2. The number of carbonyl (C=O) groups is 2. The van der Waals surface area contributed by atoms with E-state index in [1.807, 2.05) is 13.8 Å². The quantitative estimate of drug-likeness (QED) is 0.767. The van der Waals surface area contributed by atoms with Crippen LogP contribution in [0, 0.1) is 5.92 Å². The zero-order chi connectivity index (χ0) is 18.4. The van der Waals surface area contributed by atoms with E-state index in [0.717, 1.165) is 0 Å². The molecule has 0 unspecified atom stereocenters. The second kappa shape index (κ2) is 8.43. The Hall–Kier alpha value is -2.67. The zero-order valence-electron chi connectivity index (χ0n) is 14.2. The number of hydrogen-bond acceptors (Lipinski definition) is 6. The number of amides is 1. The Labute approximate surface area is 150 Å². The van der Waals surface area contributed by atoms with Gasteiger partial charge in [-0.25, -0.2) is 14.8 Å². The van der Waals surface area contributed by atoms with E-state index in [2.05, 4.69) is 25.3 Å². The van der Waals surface area contributed by atoms with Crippen molar-refractivity contribution in [2.45, 2.75) is 13.8 Å². The molecule has 2 N–H and O–H groups in total. The number of carbonyl (C=O) groups excluding carboxylic acids is 2. The second-order valence-electron chi connectivity index (χ2n) is 5.71. The summed E-state index contributed by atoms with van der Waals surface area (Å²) in [4.78, 5) is 31.7. The van der Waals surface area contributed by atoms with Crippen LogP contribution in [-0.4, -0.2) is 35.5 Å². The topological polar surface area (TPSA) is 93.2 Å². The molecule has 1 aromatic heterocycles. The molecule has 7 nitrogen and oxygen atoms in total. The average molecular weight is 363 g/mol. The van der Waals surface area contributed by atoms with Crippen molar-refractivity contribution in [2.75, 3.05) is 19.0 Å². The Kier molecular flexibility index (Phi) is 6.30. The first-order valence-corrected chi connectivity index (χ1v) is 8.03. The number of nitrogens with zero attached hydrogens (tertiary/aromatic N) is 2. The summed E-state index contributed by atoms with van der Waals surface area (Å²) in [6, 6.07) is 4.67. The van der Waals surface area contributed by atoms with Crippen LogP contribution in [0.4, 0.5) is 11.6 Å². The van der Waals surface area contributed by atoms with E-state index in [1.54, 1.807) is 18.2 Å². The summed E-state index contributed by atoms with van der Waals surface area (Å²) in [5.74, 6) is -0.0943. The van der Waals surface area contributed by atoms with Crippen LogP contribution in [0.2, 0.25) is 5.02 Å². The van der Waals surface area contributed by atoms with E-state index in [0.29, 0.717) is 34.3 Å². The number of nitrogens with one attached hydrogen (secondary N) is 2. The van der Waals surface area contributed by atoms with E-state index in [9.17, 15) is 9.59 Å². The van der Waals surface area contributed by atoms with Gasteiger partial charge in [-0.05, 0) is 24.1 Å². The minimum Gasteiger partial charge on any atom is -0.465 e. The minimum atomic E-state index is -0.474. The fourth-order valence-corrected chi connectivity index (χ4v) is 2.06. The fourth-order valence-electron chi connectivity index (χ4n) is 1.90. The number of esters is 1. The highest BCUT2D eigenvalue weighted by Gasteiger charge is 2.11. The molecule has 1 heterocycles. The number of aromatic nitrogens is 2. The van der Waals surface area contributed by atoms with Crippen molar-refractivity contribution in [1.82, 2.24) is 15.3 Å². The molecule has 25 heavy (non-hydrogen) atoms. The van der Waals surface area contributed by atoms with Gasteiger partial charge in [-0.1, -0.05) is 25.4 Å². The Balaban J connectivity index is 2.11. The fraction of sp³-hybridized carbons (Fsp3) is 0.294. The minimum absolute atomic E-state index is 0.231. The lowest BCUT2D eigenvalue weighted by atomic mass is 10.2. The molecule has 0 aliphatic heterocycles. The molecular weight excluding hydrogens is 344 g/mol. The molecule has 1 aromatic carbocycles. The molecule has 0 spiro atoms. The lowest BCUT2D eigenvalue weighted by Crippen LogP contribution is -2.27. The number of rotatable bonds is 6. The number of ether oxygens (including phenoxy) is 1. The molecule has 0 fully saturated rings. The van der Waals surface area contributed by atoms with Crippen molar-refractivity contribution in [3.8, 4) is 0 Å². The molecule has 0 aliphatic carbocycles. The maximum atomic E-state index is 11.9. The van der Waals surface area contributed by atoms with Gasteiger partial charge in [-0.2, -0.15) is 0 Å². The van der Waals surface area contributed by atoms with Gasteiger partial charge in [0.05, 0.1) is 28.9 Å². The molecule has 0 bridgehead atoms. The Bertz CT molecular complexity index is 763. The van der Waals surface area contributed by atoms with E-state index >= 15 is 0 Å². The van der Waals surface area contributed by atoms with Gasteiger partial charge in [-0.15, -0.1) is 0 Å². The van der Waals surface area contributed by atoms with Crippen LogP contribution in [0.25, 0.3) is 0 Å². The Morgan fingerprint density at radius 1 is 1.20 bits per heavy atom. The van der Waals surface area contributed by atoms with Crippen molar-refractivity contribution in [3.05, 3.63) is 46.7 Å². The van der Waals surface area contributed by atoms with Gasteiger partial charge < -0.3 is 15.4 Å². The van der Waals surface area contributed by atoms with Crippen LogP contribution in [0.5, 0.6) is 0 Å². The summed E-state index contributed by atoms with van der Waals surface area (Å²) in [6.07, 6.45) is 2.84. The van der Waals surface area contributed by atoms with E-state index < -0.39 is 5.97 Å². The van der Waals surface area contributed by atoms with Crippen LogP contribution < -0.4 is 10.6 Å². The third-order valence-electron chi connectivity index (χ3n) is 3.22. The first-order chi connectivity index (χ1) is 11.9. The predicted molar refractivity (Wildman–Crippen MR) is 95.3 cm³/mol. The normalized spacial score (nSPS) is 10.4. The van der Waals surface area contributed by atoms with Gasteiger partial charge in [0.1, 0.15) is 0 Å². The van der Waals surface area contributed by atoms with Gasteiger partial charge in [-0.3, -0.25) is 4.79 Å². The Morgan fingerprint density at radius 3 is 2.48 bits per heavy atom. The first-order valence-electron chi connectivity index (χ1n) is 7.66. The highest BCUT2D eigenvalue weighted by molar-refractivity contribution is 6.33. The summed E-state index contributed by atoms with van der Waals surface area (Å²) in [7, 11) is 1.30. The summed E-state index contributed by atoms with van der Waals surface area (Å²) in [5, 5.41) is 6.10. The van der Waals surface area contributed by atoms with Gasteiger partial charge in [0.15, 0.2) is 0 Å². The highest BCUT2D eigenvalue weighted by atomic mass is 35.5. The molecular formula is C17H19ClN4O3. The largest absolute Gasteiger partial charge is 0.465 e. The lowest BCUT2D eigenvalue weighted by molar-refractivity contribution is 0.0600. The van der Waals surface area contributed by atoms with Crippen LogP contribution in [-0.2, 0) is 4.74 Å².